The van der Waals surface area contributed by atoms with Crippen molar-refractivity contribution in [3.05, 3.63) is 47.0 Å². The van der Waals surface area contributed by atoms with Crippen LogP contribution in [-0.4, -0.2) is 44.6 Å². The van der Waals surface area contributed by atoms with Crippen LogP contribution in [0.3, 0.4) is 0 Å². The number of hydrogen-bond acceptors (Lipinski definition) is 7. The SMILES string of the molecule is C[C@H](Nc1nc(C(=O)N2CC(CC(=O)C3(C)CC3)C2)c2sccc2n1)c1cncc(F)c1. The quantitative estimate of drug-likeness (QED) is 0.576. The first-order valence-electron chi connectivity index (χ1n) is 10.8. The third-order valence-corrected chi connectivity index (χ3v) is 7.38. The average Bonchev–Trinajstić information content (AvgIpc) is 3.31. The van der Waals surface area contributed by atoms with Gasteiger partial charge in [0.25, 0.3) is 5.91 Å². The summed E-state index contributed by atoms with van der Waals surface area (Å²) < 4.78 is 14.3. The van der Waals surface area contributed by atoms with E-state index in [0.29, 0.717) is 48.0 Å². The van der Waals surface area contributed by atoms with Crippen molar-refractivity contribution in [2.75, 3.05) is 18.4 Å². The number of amides is 1. The van der Waals surface area contributed by atoms with Crippen molar-refractivity contribution in [1.82, 2.24) is 19.9 Å². The lowest BCUT2D eigenvalue weighted by molar-refractivity contribution is -0.125. The lowest BCUT2D eigenvalue weighted by Crippen LogP contribution is -2.51. The number of nitrogens with zero attached hydrogens (tertiary/aromatic N) is 4. The van der Waals surface area contributed by atoms with Gasteiger partial charge >= 0.3 is 0 Å². The molecule has 0 spiro atoms. The van der Waals surface area contributed by atoms with Crippen LogP contribution in [0.4, 0.5) is 10.3 Å². The highest BCUT2D eigenvalue weighted by Crippen LogP contribution is 2.47. The molecule has 0 bridgehead atoms. The molecule has 4 heterocycles. The van der Waals surface area contributed by atoms with E-state index in [9.17, 15) is 14.0 Å². The van der Waals surface area contributed by atoms with Crippen molar-refractivity contribution < 1.29 is 14.0 Å². The van der Waals surface area contributed by atoms with E-state index in [1.807, 2.05) is 25.3 Å². The maximum Gasteiger partial charge on any atom is 0.274 e. The van der Waals surface area contributed by atoms with Crippen LogP contribution >= 0.6 is 11.3 Å². The number of likely N-dealkylation sites (tertiary alicyclic amines) is 1. The Hall–Kier alpha value is -2.94. The summed E-state index contributed by atoms with van der Waals surface area (Å²) in [5, 5.41) is 5.04. The molecule has 1 aliphatic heterocycles. The van der Waals surface area contributed by atoms with E-state index in [1.54, 1.807) is 11.1 Å². The summed E-state index contributed by atoms with van der Waals surface area (Å²) in [4.78, 5) is 40.2. The predicted molar refractivity (Wildman–Crippen MR) is 120 cm³/mol. The number of carbonyl (C=O) groups excluding carboxylic acids is 2. The standard InChI is InChI=1S/C23H24FN5O2S/c1-13(15-8-16(24)10-25-9-15)26-22-27-17-3-6-32-20(17)19(28-22)21(31)29-11-14(12-29)7-18(30)23(2)4-5-23/h3,6,8-10,13-14H,4-5,7,11-12H2,1-2H3,(H,26,27,28)/t13-/m0/s1. The van der Waals surface area contributed by atoms with Gasteiger partial charge in [-0.3, -0.25) is 14.6 Å². The summed E-state index contributed by atoms with van der Waals surface area (Å²) in [6.45, 7) is 5.04. The summed E-state index contributed by atoms with van der Waals surface area (Å²) in [5.74, 6) is 0.296. The van der Waals surface area contributed by atoms with Crippen molar-refractivity contribution in [2.45, 2.75) is 39.2 Å². The predicted octanol–water partition coefficient (Wildman–Crippen LogP) is 4.23. The molecule has 3 aromatic rings. The summed E-state index contributed by atoms with van der Waals surface area (Å²) in [5.41, 5.74) is 1.59. The van der Waals surface area contributed by atoms with E-state index in [-0.39, 0.29) is 23.3 Å². The number of rotatable bonds is 7. The van der Waals surface area contributed by atoms with Crippen LogP contribution in [0.1, 0.15) is 55.2 Å². The molecule has 0 unspecified atom stereocenters. The van der Waals surface area contributed by atoms with Gasteiger partial charge in [-0.15, -0.1) is 11.3 Å². The fourth-order valence-electron chi connectivity index (χ4n) is 4.00. The van der Waals surface area contributed by atoms with E-state index in [4.69, 9.17) is 0 Å². The number of pyridine rings is 1. The van der Waals surface area contributed by atoms with Crippen molar-refractivity contribution in [3.8, 4) is 0 Å². The van der Waals surface area contributed by atoms with Crippen LogP contribution in [0.25, 0.3) is 10.2 Å². The number of Topliss-reactive ketones (excluding diaryl/α,β-unsaturated/α-hetero) is 1. The number of halogens is 1. The largest absolute Gasteiger partial charge is 0.348 e. The summed E-state index contributed by atoms with van der Waals surface area (Å²) in [7, 11) is 0. The third-order valence-electron chi connectivity index (χ3n) is 6.47. The van der Waals surface area contributed by atoms with Gasteiger partial charge in [-0.1, -0.05) is 6.92 Å². The minimum Gasteiger partial charge on any atom is -0.348 e. The average molecular weight is 454 g/mol. The first-order valence-corrected chi connectivity index (χ1v) is 11.7. The molecule has 2 aliphatic rings. The van der Waals surface area contributed by atoms with Crippen molar-refractivity contribution in [3.63, 3.8) is 0 Å². The van der Waals surface area contributed by atoms with Gasteiger partial charge in [-0.05, 0) is 42.8 Å². The molecular weight excluding hydrogens is 429 g/mol. The van der Waals surface area contributed by atoms with Crippen molar-refractivity contribution in [1.29, 1.82) is 0 Å². The van der Waals surface area contributed by atoms with Gasteiger partial charge in [0.2, 0.25) is 5.95 Å². The number of carbonyl (C=O) groups is 2. The second-order valence-electron chi connectivity index (χ2n) is 9.10. The molecule has 7 nitrogen and oxygen atoms in total. The van der Waals surface area contributed by atoms with E-state index in [0.717, 1.165) is 23.7 Å². The highest BCUT2D eigenvalue weighted by molar-refractivity contribution is 7.17. The second-order valence-corrected chi connectivity index (χ2v) is 10.0. The smallest absolute Gasteiger partial charge is 0.274 e. The van der Waals surface area contributed by atoms with Gasteiger partial charge in [-0.25, -0.2) is 14.4 Å². The molecule has 1 amide bonds. The molecule has 1 saturated carbocycles. The third kappa shape index (κ3) is 3.97. The Balaban J connectivity index is 1.31. The topological polar surface area (TPSA) is 88.1 Å². The molecule has 1 atom stereocenters. The summed E-state index contributed by atoms with van der Waals surface area (Å²) >= 11 is 1.43. The van der Waals surface area contributed by atoms with Gasteiger partial charge in [0.15, 0.2) is 5.69 Å². The van der Waals surface area contributed by atoms with Gasteiger partial charge in [0.1, 0.15) is 11.6 Å². The Morgan fingerprint density at radius 1 is 1.31 bits per heavy atom. The molecule has 5 rings (SSSR count). The highest BCUT2D eigenvalue weighted by atomic mass is 32.1. The molecule has 2 fully saturated rings. The molecule has 32 heavy (non-hydrogen) atoms. The summed E-state index contributed by atoms with van der Waals surface area (Å²) in [6, 6.07) is 2.97. The molecule has 3 aromatic heterocycles. The molecule has 1 aliphatic carbocycles. The van der Waals surface area contributed by atoms with Crippen LogP contribution in [0.5, 0.6) is 0 Å². The van der Waals surface area contributed by atoms with E-state index >= 15 is 0 Å². The number of fused-ring (bicyclic) bond motifs is 1. The summed E-state index contributed by atoms with van der Waals surface area (Å²) in [6.07, 6.45) is 5.25. The fourth-order valence-corrected chi connectivity index (χ4v) is 4.82. The Bertz CT molecular complexity index is 1200. The molecular formula is C23H24FN5O2S. The van der Waals surface area contributed by atoms with Crippen molar-refractivity contribution in [2.24, 2.45) is 11.3 Å². The molecule has 0 aromatic carbocycles. The first-order chi connectivity index (χ1) is 15.3. The van der Waals surface area contributed by atoms with E-state index in [2.05, 4.69) is 20.3 Å². The number of thiophene rings is 1. The number of nitrogens with one attached hydrogen (secondary N) is 1. The van der Waals surface area contributed by atoms with E-state index < -0.39 is 5.82 Å². The monoisotopic (exact) mass is 453 g/mol. The lowest BCUT2D eigenvalue weighted by atomic mass is 9.88. The van der Waals surface area contributed by atoms with E-state index in [1.165, 1.54) is 17.4 Å². The van der Waals surface area contributed by atoms with Gasteiger partial charge < -0.3 is 10.2 Å². The van der Waals surface area contributed by atoms with Gasteiger partial charge in [0, 0.05) is 37.0 Å². The van der Waals surface area contributed by atoms with Crippen LogP contribution in [0.15, 0.2) is 29.9 Å². The fraction of sp³-hybridized carbons (Fsp3) is 0.435. The Labute approximate surface area is 189 Å². The normalized spacial score (nSPS) is 18.3. The minimum atomic E-state index is -0.414. The zero-order chi connectivity index (χ0) is 22.5. The first kappa shape index (κ1) is 20.9. The number of ketones is 1. The van der Waals surface area contributed by atoms with Crippen LogP contribution in [0.2, 0.25) is 0 Å². The maximum absolute atomic E-state index is 13.5. The maximum atomic E-state index is 13.5. The van der Waals surface area contributed by atoms with Crippen LogP contribution < -0.4 is 5.32 Å². The van der Waals surface area contributed by atoms with Crippen molar-refractivity contribution >= 4 is 39.2 Å². The van der Waals surface area contributed by atoms with Gasteiger partial charge in [-0.2, -0.15) is 0 Å². The molecule has 9 heteroatoms. The number of hydrogen-bond donors (Lipinski definition) is 1. The van der Waals surface area contributed by atoms with Gasteiger partial charge in [0.05, 0.1) is 22.5 Å². The minimum absolute atomic E-state index is 0.116. The molecule has 1 saturated heterocycles. The highest BCUT2D eigenvalue weighted by Gasteiger charge is 2.46. The number of aromatic nitrogens is 3. The zero-order valence-corrected chi connectivity index (χ0v) is 18.8. The zero-order valence-electron chi connectivity index (χ0n) is 18.0. The Kier molecular flexibility index (Phi) is 5.16. The Morgan fingerprint density at radius 3 is 2.81 bits per heavy atom. The lowest BCUT2D eigenvalue weighted by Gasteiger charge is -2.39. The molecule has 0 radical (unpaired) electrons. The second kappa shape index (κ2) is 7.88. The Morgan fingerprint density at radius 2 is 2.09 bits per heavy atom. The number of anilines is 1. The van der Waals surface area contributed by atoms with Crippen LogP contribution in [-0.2, 0) is 4.79 Å². The molecule has 166 valence electrons. The van der Waals surface area contributed by atoms with Crippen LogP contribution in [0, 0.1) is 17.2 Å². The molecule has 1 N–H and O–H groups in total.